The molecule has 1 aliphatic carbocycles. The van der Waals surface area contributed by atoms with Gasteiger partial charge in [-0.3, -0.25) is 4.90 Å². The lowest BCUT2D eigenvalue weighted by molar-refractivity contribution is 0.188. The maximum absolute atomic E-state index is 13.1. The first kappa shape index (κ1) is 13.8. The van der Waals surface area contributed by atoms with Crippen LogP contribution >= 0.6 is 11.6 Å². The van der Waals surface area contributed by atoms with Gasteiger partial charge in [-0.15, -0.1) is 11.6 Å². The van der Waals surface area contributed by atoms with Crippen LogP contribution in [0.25, 0.3) is 0 Å². The molecule has 2 atom stereocenters. The molecule has 0 radical (unpaired) electrons. The lowest BCUT2D eigenvalue weighted by atomic mass is 9.93. The van der Waals surface area contributed by atoms with Gasteiger partial charge < -0.3 is 0 Å². The van der Waals surface area contributed by atoms with Crippen molar-refractivity contribution in [3.8, 4) is 0 Å². The molecule has 4 heteroatoms. The molecule has 1 fully saturated rings. The molecule has 0 N–H and O–H groups in total. The minimum Gasteiger partial charge on any atom is -0.298 e. The zero-order valence-electron chi connectivity index (χ0n) is 10.5. The maximum atomic E-state index is 13.1. The summed E-state index contributed by atoms with van der Waals surface area (Å²) in [7, 11) is 1.97. The highest BCUT2D eigenvalue weighted by atomic mass is 35.5. The molecule has 0 aromatic heterocycles. The lowest BCUT2D eigenvalue weighted by Gasteiger charge is -2.35. The summed E-state index contributed by atoms with van der Waals surface area (Å²) in [5, 5.41) is 0.141. The average Bonchev–Trinajstić information content (AvgIpc) is 2.27. The smallest absolute Gasteiger partial charge is 0.126 e. The van der Waals surface area contributed by atoms with E-state index in [1.54, 1.807) is 0 Å². The summed E-state index contributed by atoms with van der Waals surface area (Å²) in [5.74, 6) is -1.05. The molecule has 2 rings (SSSR count). The molecule has 0 aliphatic heterocycles. The number of benzene rings is 1. The zero-order valence-corrected chi connectivity index (χ0v) is 11.3. The number of alkyl halides is 1. The molecular weight excluding hydrogens is 256 g/mol. The van der Waals surface area contributed by atoms with Gasteiger partial charge in [-0.25, -0.2) is 8.78 Å². The molecule has 0 bridgehead atoms. The van der Waals surface area contributed by atoms with E-state index >= 15 is 0 Å². The fraction of sp³-hybridized carbons (Fsp3) is 0.571. The van der Waals surface area contributed by atoms with Crippen LogP contribution in [-0.4, -0.2) is 23.4 Å². The molecule has 1 nitrogen and oxygen atoms in total. The molecule has 0 heterocycles. The van der Waals surface area contributed by atoms with E-state index in [1.807, 2.05) is 7.05 Å². The lowest BCUT2D eigenvalue weighted by Crippen LogP contribution is -2.40. The predicted molar refractivity (Wildman–Crippen MR) is 69.7 cm³/mol. The van der Waals surface area contributed by atoms with Crippen molar-refractivity contribution >= 4 is 11.6 Å². The summed E-state index contributed by atoms with van der Waals surface area (Å²) >= 11 is 6.32. The summed E-state index contributed by atoms with van der Waals surface area (Å²) in [6.07, 6.45) is 4.43. The molecule has 0 saturated heterocycles. The third-order valence-electron chi connectivity index (χ3n) is 3.57. The number of halogens is 3. The molecule has 0 spiro atoms. The van der Waals surface area contributed by atoms with Crippen LogP contribution in [0.1, 0.15) is 31.2 Å². The second kappa shape index (κ2) is 5.98. The molecule has 1 saturated carbocycles. The van der Waals surface area contributed by atoms with Gasteiger partial charge in [-0.05, 0) is 37.6 Å². The van der Waals surface area contributed by atoms with Crippen molar-refractivity contribution in [2.75, 3.05) is 7.05 Å². The van der Waals surface area contributed by atoms with Gasteiger partial charge in [0.05, 0.1) is 0 Å². The van der Waals surface area contributed by atoms with Crippen molar-refractivity contribution in [3.63, 3.8) is 0 Å². The van der Waals surface area contributed by atoms with Crippen molar-refractivity contribution in [2.24, 2.45) is 0 Å². The summed E-state index contributed by atoms with van der Waals surface area (Å²) in [6, 6.07) is 3.96. The van der Waals surface area contributed by atoms with E-state index in [2.05, 4.69) is 4.90 Å². The van der Waals surface area contributed by atoms with Crippen LogP contribution in [0.3, 0.4) is 0 Å². The summed E-state index contributed by atoms with van der Waals surface area (Å²) in [4.78, 5) is 2.10. The Morgan fingerprint density at radius 2 is 1.78 bits per heavy atom. The fourth-order valence-corrected chi connectivity index (χ4v) is 3.14. The third-order valence-corrected chi connectivity index (χ3v) is 4.08. The molecule has 18 heavy (non-hydrogen) atoms. The van der Waals surface area contributed by atoms with Crippen molar-refractivity contribution in [1.29, 1.82) is 0 Å². The Balaban J connectivity index is 2.03. The Kier molecular flexibility index (Phi) is 4.57. The van der Waals surface area contributed by atoms with Crippen molar-refractivity contribution in [2.45, 2.75) is 43.6 Å². The highest BCUT2D eigenvalue weighted by Crippen LogP contribution is 2.27. The molecule has 2 unspecified atom stereocenters. The van der Waals surface area contributed by atoms with Gasteiger partial charge in [0.2, 0.25) is 0 Å². The van der Waals surface area contributed by atoms with Gasteiger partial charge in [0.15, 0.2) is 0 Å². The standard InChI is InChI=1S/C14H18ClF2N/c1-18(14-5-3-2-4-13(14)15)9-10-6-11(16)8-12(17)7-10/h6-8,13-14H,2-5,9H2,1H3. The summed E-state index contributed by atoms with van der Waals surface area (Å²) in [6.45, 7) is 0.530. The molecule has 1 aromatic rings. The zero-order chi connectivity index (χ0) is 13.1. The van der Waals surface area contributed by atoms with E-state index in [9.17, 15) is 8.78 Å². The van der Waals surface area contributed by atoms with Gasteiger partial charge in [-0.2, -0.15) is 0 Å². The van der Waals surface area contributed by atoms with Crippen LogP contribution in [-0.2, 0) is 6.54 Å². The fourth-order valence-electron chi connectivity index (χ4n) is 2.67. The minimum atomic E-state index is -0.524. The van der Waals surface area contributed by atoms with Crippen LogP contribution in [0.4, 0.5) is 8.78 Å². The van der Waals surface area contributed by atoms with Gasteiger partial charge in [0.25, 0.3) is 0 Å². The largest absolute Gasteiger partial charge is 0.298 e. The summed E-state index contributed by atoms with van der Waals surface area (Å²) < 4.78 is 26.2. The number of hydrogen-bond acceptors (Lipinski definition) is 1. The Morgan fingerprint density at radius 1 is 1.17 bits per heavy atom. The minimum absolute atomic E-state index is 0.141. The Labute approximate surface area is 112 Å². The number of hydrogen-bond donors (Lipinski definition) is 0. The van der Waals surface area contributed by atoms with Gasteiger partial charge in [-0.1, -0.05) is 12.8 Å². The van der Waals surface area contributed by atoms with Gasteiger partial charge in [0.1, 0.15) is 11.6 Å². The molecule has 1 aliphatic rings. The third kappa shape index (κ3) is 3.42. The Bertz CT molecular complexity index is 391. The van der Waals surface area contributed by atoms with Crippen LogP contribution in [0, 0.1) is 11.6 Å². The summed E-state index contributed by atoms with van der Waals surface area (Å²) in [5.41, 5.74) is 0.657. The number of rotatable bonds is 3. The van der Waals surface area contributed by atoms with Crippen LogP contribution in [0.15, 0.2) is 18.2 Å². The van der Waals surface area contributed by atoms with E-state index in [1.165, 1.54) is 25.0 Å². The molecule has 1 aromatic carbocycles. The highest BCUT2D eigenvalue weighted by molar-refractivity contribution is 6.21. The average molecular weight is 274 g/mol. The first-order chi connectivity index (χ1) is 8.56. The molecule has 100 valence electrons. The Hall–Kier alpha value is -0.670. The van der Waals surface area contributed by atoms with Crippen molar-refractivity contribution < 1.29 is 8.78 Å². The Morgan fingerprint density at radius 3 is 2.39 bits per heavy atom. The van der Waals surface area contributed by atoms with Crippen LogP contribution < -0.4 is 0 Å². The van der Waals surface area contributed by atoms with Crippen molar-refractivity contribution in [1.82, 2.24) is 4.90 Å². The first-order valence-electron chi connectivity index (χ1n) is 6.35. The molecule has 0 amide bonds. The van der Waals surface area contributed by atoms with Gasteiger partial charge in [0, 0.05) is 24.0 Å². The quantitative estimate of drug-likeness (QED) is 0.754. The topological polar surface area (TPSA) is 3.24 Å². The second-order valence-electron chi connectivity index (χ2n) is 5.06. The maximum Gasteiger partial charge on any atom is 0.126 e. The second-order valence-corrected chi connectivity index (χ2v) is 5.62. The van der Waals surface area contributed by atoms with E-state index in [0.717, 1.165) is 18.9 Å². The SMILES string of the molecule is CN(Cc1cc(F)cc(F)c1)C1CCCCC1Cl. The number of nitrogens with zero attached hydrogens (tertiary/aromatic N) is 1. The van der Waals surface area contributed by atoms with Gasteiger partial charge >= 0.3 is 0 Å². The van der Waals surface area contributed by atoms with E-state index < -0.39 is 11.6 Å². The monoisotopic (exact) mass is 273 g/mol. The van der Waals surface area contributed by atoms with E-state index in [4.69, 9.17) is 11.6 Å². The normalized spacial score (nSPS) is 24.5. The van der Waals surface area contributed by atoms with Crippen LogP contribution in [0.5, 0.6) is 0 Å². The van der Waals surface area contributed by atoms with Crippen LogP contribution in [0.2, 0.25) is 0 Å². The van der Waals surface area contributed by atoms with Crippen molar-refractivity contribution in [3.05, 3.63) is 35.4 Å². The first-order valence-corrected chi connectivity index (χ1v) is 6.79. The molecular formula is C14H18ClF2N. The highest BCUT2D eigenvalue weighted by Gasteiger charge is 2.26. The predicted octanol–water partition coefficient (Wildman–Crippen LogP) is 3.95. The van der Waals surface area contributed by atoms with E-state index in [-0.39, 0.29) is 5.38 Å². The van der Waals surface area contributed by atoms with E-state index in [0.29, 0.717) is 18.2 Å².